The van der Waals surface area contributed by atoms with Crippen molar-refractivity contribution >= 4 is 7.51 Å². The molecule has 0 saturated heterocycles. The predicted octanol–water partition coefficient (Wildman–Crippen LogP) is 2.81. The number of hydrogen-bond donors (Lipinski definition) is 0. The Bertz CT molecular complexity index is 322. The van der Waals surface area contributed by atoms with E-state index in [-0.39, 0.29) is 0 Å². The minimum Gasteiger partial charge on any atom is -0.257 e. The first-order valence-electron chi connectivity index (χ1n) is 7.02. The third-order valence-electron chi connectivity index (χ3n) is 4.61. The standard InChI is InChI=1S/C13H29N4P/c1-15(2)18(16(3)4,17(5)6)14-13-10-11-7-8-12(13)9-11/h11-13H,7-10H2,1-6H3. The zero-order valence-electron chi connectivity index (χ0n) is 12.8. The van der Waals surface area contributed by atoms with Gasteiger partial charge in [-0.25, -0.2) is 0 Å². The van der Waals surface area contributed by atoms with Gasteiger partial charge in [0.2, 0.25) is 0 Å². The monoisotopic (exact) mass is 272 g/mol. The molecule has 2 aliphatic rings. The van der Waals surface area contributed by atoms with Crippen LogP contribution in [-0.4, -0.2) is 62.3 Å². The molecule has 106 valence electrons. The number of fused-ring (bicyclic) bond motifs is 2. The molecule has 18 heavy (non-hydrogen) atoms. The van der Waals surface area contributed by atoms with E-state index in [2.05, 4.69) is 56.3 Å². The summed E-state index contributed by atoms with van der Waals surface area (Å²) in [6.45, 7) is 0. The average Bonchev–Trinajstić information content (AvgIpc) is 2.85. The molecule has 0 aromatic carbocycles. The van der Waals surface area contributed by atoms with Crippen molar-refractivity contribution in [3.8, 4) is 0 Å². The van der Waals surface area contributed by atoms with Gasteiger partial charge < -0.3 is 0 Å². The highest BCUT2D eigenvalue weighted by Crippen LogP contribution is 2.58. The average molecular weight is 272 g/mol. The molecule has 0 N–H and O–H groups in total. The Morgan fingerprint density at radius 2 is 1.39 bits per heavy atom. The van der Waals surface area contributed by atoms with E-state index in [4.69, 9.17) is 4.74 Å². The van der Waals surface area contributed by atoms with Crippen LogP contribution < -0.4 is 0 Å². The highest BCUT2D eigenvalue weighted by molar-refractivity contribution is 7.59. The second-order valence-corrected chi connectivity index (χ2v) is 10.1. The molecule has 0 radical (unpaired) electrons. The van der Waals surface area contributed by atoms with Crippen LogP contribution in [0.4, 0.5) is 0 Å². The SMILES string of the molecule is CN(C)P(=NC1CC2CCC1C2)(N(C)C)N(C)C. The maximum atomic E-state index is 5.38. The molecule has 0 aromatic heterocycles. The van der Waals surface area contributed by atoms with Crippen LogP contribution >= 0.6 is 7.51 Å². The first kappa shape index (κ1) is 14.5. The van der Waals surface area contributed by atoms with Gasteiger partial charge in [-0.05, 0) is 73.4 Å². The van der Waals surface area contributed by atoms with Gasteiger partial charge in [-0.15, -0.1) is 0 Å². The maximum absolute atomic E-state index is 5.38. The minimum atomic E-state index is -1.67. The van der Waals surface area contributed by atoms with Gasteiger partial charge in [0.05, 0.1) is 6.04 Å². The Hall–Kier alpha value is 0.110. The van der Waals surface area contributed by atoms with E-state index in [9.17, 15) is 0 Å². The summed E-state index contributed by atoms with van der Waals surface area (Å²) in [4.78, 5) is 0. The van der Waals surface area contributed by atoms with Crippen LogP contribution in [0.2, 0.25) is 0 Å². The summed E-state index contributed by atoms with van der Waals surface area (Å²) >= 11 is 0. The Morgan fingerprint density at radius 3 is 1.72 bits per heavy atom. The van der Waals surface area contributed by atoms with Gasteiger partial charge in [0.25, 0.3) is 0 Å². The molecule has 3 unspecified atom stereocenters. The third kappa shape index (κ3) is 2.29. The van der Waals surface area contributed by atoms with E-state index in [0.29, 0.717) is 6.04 Å². The molecular formula is C13H29N4P. The molecule has 0 amide bonds. The minimum absolute atomic E-state index is 0.601. The summed E-state index contributed by atoms with van der Waals surface area (Å²) in [5, 5.41) is 0. The number of hydrogen-bond acceptors (Lipinski definition) is 1. The van der Waals surface area contributed by atoms with Crippen LogP contribution in [0.5, 0.6) is 0 Å². The summed E-state index contributed by atoms with van der Waals surface area (Å²) in [6.07, 6.45) is 5.63. The molecule has 0 spiro atoms. The molecule has 2 bridgehead atoms. The summed E-state index contributed by atoms with van der Waals surface area (Å²) in [5.74, 6) is 1.84. The van der Waals surface area contributed by atoms with Crippen molar-refractivity contribution in [3.05, 3.63) is 0 Å². The molecule has 0 aromatic rings. The summed E-state index contributed by atoms with van der Waals surface area (Å²) < 4.78 is 12.4. The van der Waals surface area contributed by atoms with Crippen molar-refractivity contribution in [2.75, 3.05) is 42.3 Å². The third-order valence-corrected chi connectivity index (χ3v) is 8.44. The van der Waals surface area contributed by atoms with Crippen molar-refractivity contribution in [2.24, 2.45) is 16.6 Å². The van der Waals surface area contributed by atoms with Crippen molar-refractivity contribution in [3.63, 3.8) is 0 Å². The van der Waals surface area contributed by atoms with E-state index in [1.807, 2.05) is 0 Å². The van der Waals surface area contributed by atoms with Crippen molar-refractivity contribution in [2.45, 2.75) is 31.7 Å². The molecule has 2 rings (SSSR count). The largest absolute Gasteiger partial charge is 0.257 e. The van der Waals surface area contributed by atoms with Gasteiger partial charge in [-0.1, -0.05) is 6.42 Å². The highest BCUT2D eigenvalue weighted by Gasteiger charge is 2.41. The van der Waals surface area contributed by atoms with Crippen LogP contribution in [0.3, 0.4) is 0 Å². The molecule has 3 atom stereocenters. The number of nitrogens with zero attached hydrogens (tertiary/aromatic N) is 4. The fourth-order valence-electron chi connectivity index (χ4n) is 3.93. The Morgan fingerprint density at radius 1 is 0.833 bits per heavy atom. The molecule has 2 fully saturated rings. The fraction of sp³-hybridized carbons (Fsp3) is 1.00. The smallest absolute Gasteiger partial charge is 0.166 e. The topological polar surface area (TPSA) is 22.1 Å². The lowest BCUT2D eigenvalue weighted by molar-refractivity contribution is 0.404. The fourth-order valence-corrected chi connectivity index (χ4v) is 7.38. The Balaban J connectivity index is 2.34. The van der Waals surface area contributed by atoms with E-state index < -0.39 is 7.51 Å². The van der Waals surface area contributed by atoms with Gasteiger partial charge in [-0.3, -0.25) is 18.8 Å². The van der Waals surface area contributed by atoms with Gasteiger partial charge >= 0.3 is 0 Å². The van der Waals surface area contributed by atoms with Crippen LogP contribution in [0.25, 0.3) is 0 Å². The number of rotatable bonds is 4. The molecule has 4 nitrogen and oxygen atoms in total. The van der Waals surface area contributed by atoms with Crippen LogP contribution in [0, 0.1) is 11.8 Å². The van der Waals surface area contributed by atoms with E-state index >= 15 is 0 Å². The lowest BCUT2D eigenvalue weighted by Crippen LogP contribution is -2.32. The zero-order chi connectivity index (χ0) is 13.5. The second kappa shape index (κ2) is 5.24. The lowest BCUT2D eigenvalue weighted by atomic mass is 9.96. The van der Waals surface area contributed by atoms with Gasteiger partial charge in [0, 0.05) is 0 Å². The molecule has 5 heteroatoms. The van der Waals surface area contributed by atoms with Crippen LogP contribution in [-0.2, 0) is 0 Å². The van der Waals surface area contributed by atoms with Gasteiger partial charge in [0.15, 0.2) is 7.51 Å². The summed E-state index contributed by atoms with van der Waals surface area (Å²) in [5.41, 5.74) is 0. The van der Waals surface area contributed by atoms with Crippen molar-refractivity contribution in [1.82, 2.24) is 14.0 Å². The van der Waals surface area contributed by atoms with E-state index in [1.165, 1.54) is 25.7 Å². The van der Waals surface area contributed by atoms with Crippen LogP contribution in [0.1, 0.15) is 25.7 Å². The lowest BCUT2D eigenvalue weighted by Gasteiger charge is -2.42. The molecule has 0 heterocycles. The van der Waals surface area contributed by atoms with Gasteiger partial charge in [0.1, 0.15) is 0 Å². The maximum Gasteiger partial charge on any atom is 0.166 e. The Labute approximate surface area is 113 Å². The van der Waals surface area contributed by atoms with E-state index in [1.54, 1.807) is 0 Å². The molecule has 2 aliphatic carbocycles. The summed E-state index contributed by atoms with van der Waals surface area (Å²) in [6, 6.07) is 0.601. The first-order valence-corrected chi connectivity index (χ1v) is 8.62. The Kier molecular flexibility index (Phi) is 4.23. The highest BCUT2D eigenvalue weighted by atomic mass is 31.2. The van der Waals surface area contributed by atoms with Crippen molar-refractivity contribution < 1.29 is 0 Å². The first-order chi connectivity index (χ1) is 8.37. The molecule has 0 aliphatic heterocycles. The van der Waals surface area contributed by atoms with Crippen molar-refractivity contribution in [1.29, 1.82) is 0 Å². The van der Waals surface area contributed by atoms with E-state index in [0.717, 1.165) is 11.8 Å². The zero-order valence-corrected chi connectivity index (χ0v) is 13.7. The quantitative estimate of drug-likeness (QED) is 0.735. The normalized spacial score (nSPS) is 31.9. The molecular weight excluding hydrogens is 243 g/mol. The predicted molar refractivity (Wildman–Crippen MR) is 79.6 cm³/mol. The molecule has 2 saturated carbocycles. The van der Waals surface area contributed by atoms with Gasteiger partial charge in [-0.2, -0.15) is 0 Å². The second-order valence-electron chi connectivity index (χ2n) is 6.44. The summed E-state index contributed by atoms with van der Waals surface area (Å²) in [7, 11) is 11.4. The van der Waals surface area contributed by atoms with Crippen LogP contribution in [0.15, 0.2) is 4.74 Å².